The maximum Gasteiger partial charge on any atom is 0.324 e. The first-order chi connectivity index (χ1) is 9.65. The molecule has 1 aliphatic carbocycles. The molecule has 0 bridgehead atoms. The third-order valence-electron chi connectivity index (χ3n) is 3.84. The van der Waals surface area contributed by atoms with E-state index in [0.29, 0.717) is 24.2 Å². The summed E-state index contributed by atoms with van der Waals surface area (Å²) in [6.45, 7) is 1.73. The van der Waals surface area contributed by atoms with E-state index < -0.39 is 4.92 Å². The Hall–Kier alpha value is -1.47. The van der Waals surface area contributed by atoms with Crippen LogP contribution in [0.5, 0.6) is 0 Å². The van der Waals surface area contributed by atoms with E-state index in [4.69, 9.17) is 0 Å². The smallest absolute Gasteiger partial charge is 0.324 e. The molecule has 1 aromatic rings. The zero-order valence-electron chi connectivity index (χ0n) is 11.1. The Bertz CT molecular complexity index is 521. The molecule has 1 unspecified atom stereocenters. The number of hydrogen-bond donors (Lipinski definition) is 1. The van der Waals surface area contributed by atoms with Crippen LogP contribution in [0.1, 0.15) is 36.0 Å². The van der Waals surface area contributed by atoms with Crippen molar-refractivity contribution in [2.75, 3.05) is 13.1 Å². The van der Waals surface area contributed by atoms with Crippen LogP contribution in [0, 0.1) is 10.1 Å². The zero-order chi connectivity index (χ0) is 14.1. The van der Waals surface area contributed by atoms with Crippen molar-refractivity contribution in [3.63, 3.8) is 0 Å². The highest BCUT2D eigenvalue weighted by molar-refractivity contribution is 7.13. The summed E-state index contributed by atoms with van der Waals surface area (Å²) in [6.07, 6.45) is 4.34. The van der Waals surface area contributed by atoms with Gasteiger partial charge < -0.3 is 10.2 Å². The number of nitrogens with one attached hydrogen (secondary N) is 1. The Kier molecular flexibility index (Phi) is 3.71. The second kappa shape index (κ2) is 5.49. The summed E-state index contributed by atoms with van der Waals surface area (Å²) in [5.74, 6) is -0.0643. The van der Waals surface area contributed by atoms with E-state index in [1.165, 1.54) is 6.07 Å². The van der Waals surface area contributed by atoms with Gasteiger partial charge in [0.05, 0.1) is 10.5 Å². The molecule has 1 saturated heterocycles. The van der Waals surface area contributed by atoms with Crippen LogP contribution in [-0.4, -0.2) is 40.9 Å². The van der Waals surface area contributed by atoms with E-state index in [9.17, 15) is 14.9 Å². The molecule has 20 heavy (non-hydrogen) atoms. The van der Waals surface area contributed by atoms with Gasteiger partial charge in [-0.15, -0.1) is 0 Å². The third-order valence-corrected chi connectivity index (χ3v) is 4.72. The maximum absolute atomic E-state index is 12.5. The van der Waals surface area contributed by atoms with Crippen LogP contribution < -0.4 is 5.32 Å². The van der Waals surface area contributed by atoms with Crippen LogP contribution in [0.15, 0.2) is 11.4 Å². The van der Waals surface area contributed by atoms with Crippen molar-refractivity contribution in [3.8, 4) is 0 Å². The number of hydrogen-bond acceptors (Lipinski definition) is 5. The Labute approximate surface area is 120 Å². The molecule has 1 saturated carbocycles. The normalized spacial score (nSPS) is 21.9. The molecule has 0 spiro atoms. The van der Waals surface area contributed by atoms with E-state index in [1.807, 2.05) is 4.90 Å². The second-order valence-corrected chi connectivity index (χ2v) is 6.30. The molecule has 3 rings (SSSR count). The molecule has 0 radical (unpaired) electrons. The SMILES string of the molecule is O=C(c1csc([N+](=O)[O-])c1)N(CC1CCCN1)C1CC1. The molecule has 1 aliphatic heterocycles. The quantitative estimate of drug-likeness (QED) is 0.666. The number of thiophene rings is 1. The summed E-state index contributed by atoms with van der Waals surface area (Å²) in [6, 6.07) is 2.09. The monoisotopic (exact) mass is 295 g/mol. The summed E-state index contributed by atoms with van der Waals surface area (Å²) in [7, 11) is 0. The Balaban J connectivity index is 1.72. The standard InChI is InChI=1S/C13H17N3O3S/c17-13(9-6-12(16(18)19)20-8-9)15(11-3-4-11)7-10-2-1-5-14-10/h6,8,10-11,14H,1-5,7H2. The van der Waals surface area contributed by atoms with Crippen LogP contribution in [-0.2, 0) is 0 Å². The van der Waals surface area contributed by atoms with Gasteiger partial charge in [0.2, 0.25) is 0 Å². The molecular weight excluding hydrogens is 278 g/mol. The van der Waals surface area contributed by atoms with Gasteiger partial charge in [-0.25, -0.2) is 0 Å². The predicted octanol–water partition coefficient (Wildman–Crippen LogP) is 2.01. The molecule has 1 aromatic heterocycles. The lowest BCUT2D eigenvalue weighted by Gasteiger charge is -2.25. The van der Waals surface area contributed by atoms with Gasteiger partial charge in [-0.1, -0.05) is 11.3 Å². The molecule has 0 aromatic carbocycles. The average molecular weight is 295 g/mol. The van der Waals surface area contributed by atoms with E-state index >= 15 is 0 Å². The first-order valence-corrected chi connectivity index (χ1v) is 7.80. The van der Waals surface area contributed by atoms with Crippen molar-refractivity contribution in [1.29, 1.82) is 0 Å². The van der Waals surface area contributed by atoms with Crippen molar-refractivity contribution < 1.29 is 9.72 Å². The fourth-order valence-electron chi connectivity index (χ4n) is 2.63. The van der Waals surface area contributed by atoms with Gasteiger partial charge >= 0.3 is 5.00 Å². The fourth-order valence-corrected chi connectivity index (χ4v) is 3.33. The van der Waals surface area contributed by atoms with Crippen molar-refractivity contribution in [3.05, 3.63) is 27.1 Å². The lowest BCUT2D eigenvalue weighted by molar-refractivity contribution is -0.380. The molecule has 2 heterocycles. The van der Waals surface area contributed by atoms with Gasteiger partial charge in [-0.2, -0.15) is 0 Å². The average Bonchev–Trinajstić information content (AvgIpc) is 2.95. The topological polar surface area (TPSA) is 75.5 Å². The summed E-state index contributed by atoms with van der Waals surface area (Å²) in [5, 5.41) is 15.7. The highest BCUT2D eigenvalue weighted by Gasteiger charge is 2.35. The van der Waals surface area contributed by atoms with Gasteiger partial charge in [-0.05, 0) is 32.2 Å². The van der Waals surface area contributed by atoms with Gasteiger partial charge in [0.25, 0.3) is 5.91 Å². The molecule has 2 fully saturated rings. The third kappa shape index (κ3) is 2.83. The highest BCUT2D eigenvalue weighted by atomic mass is 32.1. The minimum Gasteiger partial charge on any atom is -0.334 e. The van der Waals surface area contributed by atoms with Crippen LogP contribution >= 0.6 is 11.3 Å². The predicted molar refractivity (Wildman–Crippen MR) is 76.1 cm³/mol. The summed E-state index contributed by atoms with van der Waals surface area (Å²) >= 11 is 1.02. The molecular formula is C13H17N3O3S. The number of nitro groups is 1. The van der Waals surface area contributed by atoms with Gasteiger partial charge in [-0.3, -0.25) is 14.9 Å². The lowest BCUT2D eigenvalue weighted by Crippen LogP contribution is -2.42. The first kappa shape index (κ1) is 13.5. The van der Waals surface area contributed by atoms with Crippen molar-refractivity contribution in [1.82, 2.24) is 10.2 Å². The largest absolute Gasteiger partial charge is 0.334 e. The fraction of sp³-hybridized carbons (Fsp3) is 0.615. The van der Waals surface area contributed by atoms with E-state index in [-0.39, 0.29) is 10.9 Å². The first-order valence-electron chi connectivity index (χ1n) is 6.92. The lowest BCUT2D eigenvalue weighted by atomic mass is 10.2. The van der Waals surface area contributed by atoms with Gasteiger partial charge in [0.15, 0.2) is 0 Å². The van der Waals surface area contributed by atoms with E-state index in [1.54, 1.807) is 5.38 Å². The van der Waals surface area contributed by atoms with Crippen LogP contribution in [0.2, 0.25) is 0 Å². The Morgan fingerprint density at radius 2 is 2.30 bits per heavy atom. The molecule has 6 nitrogen and oxygen atoms in total. The van der Waals surface area contributed by atoms with Crippen molar-refractivity contribution in [2.45, 2.75) is 37.8 Å². The molecule has 1 atom stereocenters. The summed E-state index contributed by atoms with van der Waals surface area (Å²) in [4.78, 5) is 24.7. The maximum atomic E-state index is 12.5. The highest BCUT2D eigenvalue weighted by Crippen LogP contribution is 2.31. The van der Waals surface area contributed by atoms with Gasteiger partial charge in [0, 0.05) is 30.1 Å². The molecule has 7 heteroatoms. The number of amides is 1. The molecule has 1 amide bonds. The van der Waals surface area contributed by atoms with Gasteiger partial charge in [0.1, 0.15) is 0 Å². The summed E-state index contributed by atoms with van der Waals surface area (Å²) in [5.41, 5.74) is 0.451. The number of carbonyl (C=O) groups is 1. The molecule has 2 aliphatic rings. The zero-order valence-corrected chi connectivity index (χ0v) is 11.9. The van der Waals surface area contributed by atoms with Crippen LogP contribution in [0.3, 0.4) is 0 Å². The number of carbonyl (C=O) groups excluding carboxylic acids is 1. The van der Waals surface area contributed by atoms with Crippen LogP contribution in [0.4, 0.5) is 5.00 Å². The summed E-state index contributed by atoms with van der Waals surface area (Å²) < 4.78 is 0. The van der Waals surface area contributed by atoms with E-state index in [2.05, 4.69) is 5.32 Å². The van der Waals surface area contributed by atoms with Crippen molar-refractivity contribution >= 4 is 22.2 Å². The number of nitrogens with zero attached hydrogens (tertiary/aromatic N) is 2. The minimum atomic E-state index is -0.443. The Morgan fingerprint density at radius 1 is 1.50 bits per heavy atom. The minimum absolute atomic E-state index is 0.0306. The van der Waals surface area contributed by atoms with Crippen LogP contribution in [0.25, 0.3) is 0 Å². The Morgan fingerprint density at radius 3 is 2.85 bits per heavy atom. The second-order valence-electron chi connectivity index (χ2n) is 5.41. The van der Waals surface area contributed by atoms with Crippen molar-refractivity contribution in [2.24, 2.45) is 0 Å². The molecule has 108 valence electrons. The van der Waals surface area contributed by atoms with E-state index in [0.717, 1.165) is 43.6 Å². The molecule has 1 N–H and O–H groups in total. The number of rotatable bonds is 5.